The van der Waals surface area contributed by atoms with Crippen molar-refractivity contribution in [3.8, 4) is 0 Å². The molecule has 1 atom stereocenters. The van der Waals surface area contributed by atoms with Crippen LogP contribution in [-0.2, 0) is 10.2 Å². The van der Waals surface area contributed by atoms with Gasteiger partial charge < -0.3 is 10.2 Å². The lowest BCUT2D eigenvalue weighted by atomic mass is 9.80. The summed E-state index contributed by atoms with van der Waals surface area (Å²) in [5, 5.41) is 2.91. The topological polar surface area (TPSA) is 32.3 Å². The highest BCUT2D eigenvalue weighted by Crippen LogP contribution is 2.44. The molecule has 0 spiro atoms. The molecule has 0 saturated carbocycles. The smallest absolute Gasteiger partial charge is 0.216 e. The second-order valence-corrected chi connectivity index (χ2v) is 6.05. The first-order valence-electron chi connectivity index (χ1n) is 6.91. The van der Waals surface area contributed by atoms with Crippen molar-refractivity contribution in [1.29, 1.82) is 0 Å². The van der Waals surface area contributed by atoms with Gasteiger partial charge in [-0.05, 0) is 37.0 Å². The van der Waals surface area contributed by atoms with Gasteiger partial charge in [-0.3, -0.25) is 4.79 Å². The fourth-order valence-corrected chi connectivity index (χ4v) is 3.20. The Balaban J connectivity index is 2.28. The molecule has 0 fully saturated rings. The highest BCUT2D eigenvalue weighted by molar-refractivity contribution is 5.73. The van der Waals surface area contributed by atoms with Gasteiger partial charge in [-0.2, -0.15) is 0 Å². The number of nitrogens with one attached hydrogen (secondary N) is 1. The number of amides is 1. The molecule has 0 bridgehead atoms. The van der Waals surface area contributed by atoms with Gasteiger partial charge in [-0.1, -0.05) is 19.1 Å². The van der Waals surface area contributed by atoms with E-state index in [1.165, 1.54) is 22.4 Å². The molecule has 1 aliphatic rings. The summed E-state index contributed by atoms with van der Waals surface area (Å²) in [6.45, 7) is 10.00. The monoisotopic (exact) mass is 260 g/mol. The molecule has 1 aromatic rings. The number of anilines is 1. The minimum Gasteiger partial charge on any atom is -0.373 e. The van der Waals surface area contributed by atoms with Gasteiger partial charge in [0.1, 0.15) is 0 Å². The molecule has 1 aliphatic heterocycles. The first kappa shape index (κ1) is 13.9. The molecule has 3 heteroatoms. The van der Waals surface area contributed by atoms with E-state index >= 15 is 0 Å². The average Bonchev–Trinajstić information content (AvgIpc) is 2.56. The van der Waals surface area contributed by atoms with E-state index in [0.29, 0.717) is 0 Å². The molecular formula is C16H24N2O. The number of carbonyl (C=O) groups excluding carboxylic acids is 1. The molecule has 0 radical (unpaired) electrons. The highest BCUT2D eigenvalue weighted by atomic mass is 16.1. The zero-order chi connectivity index (χ0) is 14.2. The van der Waals surface area contributed by atoms with E-state index in [4.69, 9.17) is 0 Å². The van der Waals surface area contributed by atoms with Crippen LogP contribution in [0.4, 0.5) is 5.69 Å². The van der Waals surface area contributed by atoms with Crippen molar-refractivity contribution >= 4 is 11.6 Å². The standard InChI is InChI=1S/C16H24N2O/c1-11-6-7-14-15(12(11)2)18(5)10-16(14,4)8-9-17-13(3)19/h6-7H,8-10H2,1-5H3,(H,17,19). The van der Waals surface area contributed by atoms with Gasteiger partial charge in [0.25, 0.3) is 0 Å². The number of nitrogens with zero attached hydrogens (tertiary/aromatic N) is 1. The lowest BCUT2D eigenvalue weighted by molar-refractivity contribution is -0.119. The quantitative estimate of drug-likeness (QED) is 0.906. The first-order chi connectivity index (χ1) is 8.85. The Morgan fingerprint density at radius 3 is 2.74 bits per heavy atom. The minimum absolute atomic E-state index is 0.0512. The van der Waals surface area contributed by atoms with E-state index in [1.54, 1.807) is 6.92 Å². The molecule has 1 amide bonds. The molecule has 3 nitrogen and oxygen atoms in total. The van der Waals surface area contributed by atoms with Gasteiger partial charge in [0, 0.05) is 38.2 Å². The van der Waals surface area contributed by atoms with E-state index in [-0.39, 0.29) is 11.3 Å². The van der Waals surface area contributed by atoms with Crippen molar-refractivity contribution in [3.05, 3.63) is 28.8 Å². The largest absolute Gasteiger partial charge is 0.373 e. The van der Waals surface area contributed by atoms with Crippen LogP contribution in [0.3, 0.4) is 0 Å². The molecule has 1 unspecified atom stereocenters. The van der Waals surface area contributed by atoms with Crippen molar-refractivity contribution in [1.82, 2.24) is 5.32 Å². The molecule has 2 rings (SSSR count). The molecule has 0 aromatic heterocycles. The summed E-state index contributed by atoms with van der Waals surface area (Å²) in [4.78, 5) is 13.4. The van der Waals surface area contributed by atoms with Gasteiger partial charge in [0.2, 0.25) is 5.91 Å². The van der Waals surface area contributed by atoms with Gasteiger partial charge in [-0.25, -0.2) is 0 Å². The second kappa shape index (κ2) is 4.87. The average molecular weight is 260 g/mol. The molecule has 1 aromatic carbocycles. The van der Waals surface area contributed by atoms with Crippen molar-refractivity contribution in [2.75, 3.05) is 25.0 Å². The van der Waals surface area contributed by atoms with Gasteiger partial charge in [-0.15, -0.1) is 0 Å². The van der Waals surface area contributed by atoms with Crippen molar-refractivity contribution in [2.45, 2.75) is 39.5 Å². The number of aryl methyl sites for hydroxylation is 1. The molecule has 0 saturated heterocycles. The third-order valence-corrected chi connectivity index (χ3v) is 4.37. The Labute approximate surface area is 116 Å². The van der Waals surface area contributed by atoms with E-state index < -0.39 is 0 Å². The molecule has 19 heavy (non-hydrogen) atoms. The summed E-state index contributed by atoms with van der Waals surface area (Å²) < 4.78 is 0. The summed E-state index contributed by atoms with van der Waals surface area (Å²) in [7, 11) is 2.16. The van der Waals surface area contributed by atoms with Crippen LogP contribution in [0.15, 0.2) is 12.1 Å². The Kier molecular flexibility index (Phi) is 3.57. The number of hydrogen-bond acceptors (Lipinski definition) is 2. The highest BCUT2D eigenvalue weighted by Gasteiger charge is 2.38. The number of carbonyl (C=O) groups is 1. The summed E-state index contributed by atoms with van der Waals surface area (Å²) in [5.74, 6) is 0.0512. The fraction of sp³-hybridized carbons (Fsp3) is 0.562. The van der Waals surface area contributed by atoms with E-state index in [0.717, 1.165) is 19.5 Å². The molecule has 1 heterocycles. The number of likely N-dealkylation sites (N-methyl/N-ethyl adjacent to an activating group) is 1. The SMILES string of the molecule is CC(=O)NCCC1(C)CN(C)c2c1ccc(C)c2C. The van der Waals surface area contributed by atoms with Crippen molar-refractivity contribution in [2.24, 2.45) is 0 Å². The Morgan fingerprint density at radius 1 is 1.42 bits per heavy atom. The lowest BCUT2D eigenvalue weighted by Gasteiger charge is -2.25. The van der Waals surface area contributed by atoms with E-state index in [9.17, 15) is 4.79 Å². The number of rotatable bonds is 3. The predicted octanol–water partition coefficient (Wildman–Crippen LogP) is 2.54. The summed E-state index contributed by atoms with van der Waals surface area (Å²) in [5.41, 5.74) is 5.65. The summed E-state index contributed by atoms with van der Waals surface area (Å²) in [6, 6.07) is 4.47. The van der Waals surface area contributed by atoms with Gasteiger partial charge >= 0.3 is 0 Å². The lowest BCUT2D eigenvalue weighted by Crippen LogP contribution is -2.33. The normalized spacial score (nSPS) is 21.4. The van der Waals surface area contributed by atoms with Crippen LogP contribution in [0.1, 0.15) is 37.0 Å². The van der Waals surface area contributed by atoms with Crippen LogP contribution in [0.2, 0.25) is 0 Å². The third-order valence-electron chi connectivity index (χ3n) is 4.37. The molecule has 1 N–H and O–H groups in total. The first-order valence-corrected chi connectivity index (χ1v) is 6.91. The number of hydrogen-bond donors (Lipinski definition) is 1. The maximum absolute atomic E-state index is 11.0. The van der Waals surface area contributed by atoms with Gasteiger partial charge in [0.15, 0.2) is 0 Å². The maximum Gasteiger partial charge on any atom is 0.216 e. The zero-order valence-corrected chi connectivity index (χ0v) is 12.6. The second-order valence-electron chi connectivity index (χ2n) is 6.05. The van der Waals surface area contributed by atoms with Gasteiger partial charge in [0.05, 0.1) is 0 Å². The minimum atomic E-state index is 0.0512. The summed E-state index contributed by atoms with van der Waals surface area (Å²) in [6.07, 6.45) is 0.979. The van der Waals surface area contributed by atoms with Crippen LogP contribution in [0, 0.1) is 13.8 Å². The predicted molar refractivity (Wildman–Crippen MR) is 79.8 cm³/mol. The third kappa shape index (κ3) is 2.46. The van der Waals surface area contributed by atoms with Crippen LogP contribution in [-0.4, -0.2) is 26.0 Å². The Bertz CT molecular complexity index is 510. The van der Waals surface area contributed by atoms with Crippen LogP contribution < -0.4 is 10.2 Å². The maximum atomic E-state index is 11.0. The van der Waals surface area contributed by atoms with Crippen LogP contribution in [0.5, 0.6) is 0 Å². The molecule has 0 aliphatic carbocycles. The Morgan fingerprint density at radius 2 is 2.11 bits per heavy atom. The van der Waals surface area contributed by atoms with E-state index in [1.807, 2.05) is 0 Å². The van der Waals surface area contributed by atoms with Crippen molar-refractivity contribution in [3.63, 3.8) is 0 Å². The van der Waals surface area contributed by atoms with E-state index in [2.05, 4.69) is 50.2 Å². The number of benzene rings is 1. The van der Waals surface area contributed by atoms with Crippen molar-refractivity contribution < 1.29 is 4.79 Å². The number of fused-ring (bicyclic) bond motifs is 1. The molecule has 104 valence electrons. The fourth-order valence-electron chi connectivity index (χ4n) is 3.20. The van der Waals surface area contributed by atoms with Crippen LogP contribution in [0.25, 0.3) is 0 Å². The Hall–Kier alpha value is -1.51. The zero-order valence-electron chi connectivity index (χ0n) is 12.6. The molecular weight excluding hydrogens is 236 g/mol. The van der Waals surface area contributed by atoms with Crippen LogP contribution >= 0.6 is 0 Å². The summed E-state index contributed by atoms with van der Waals surface area (Å²) >= 11 is 0.